The number of benzene rings is 1. The van der Waals surface area contributed by atoms with Crippen molar-refractivity contribution in [2.24, 2.45) is 0 Å². The van der Waals surface area contributed by atoms with Crippen LogP contribution in [0.2, 0.25) is 0 Å². The Labute approximate surface area is 166 Å². The van der Waals surface area contributed by atoms with Gasteiger partial charge in [0.25, 0.3) is 6.43 Å². The molecule has 8 heteroatoms. The zero-order valence-electron chi connectivity index (χ0n) is 16.5. The highest BCUT2D eigenvalue weighted by Gasteiger charge is 2.43. The number of pyridine rings is 1. The predicted molar refractivity (Wildman–Crippen MR) is 104 cm³/mol. The van der Waals surface area contributed by atoms with E-state index in [9.17, 15) is 18.3 Å². The molecule has 0 saturated heterocycles. The summed E-state index contributed by atoms with van der Waals surface area (Å²) in [6.07, 6.45) is -0.138. The molecule has 0 radical (unpaired) electrons. The Balaban J connectivity index is 1.83. The maximum Gasteiger partial charge on any atom is 0.280 e. The first kappa shape index (κ1) is 21.1. The van der Waals surface area contributed by atoms with Crippen molar-refractivity contribution in [1.82, 2.24) is 15.3 Å². The number of alkyl halides is 2. The lowest BCUT2D eigenvalue weighted by Gasteiger charge is -2.37. The molecule has 156 valence electrons. The van der Waals surface area contributed by atoms with E-state index in [0.717, 1.165) is 10.9 Å². The standard InChI is InChI=1S/C21H24F3N3O2/c1-20(2,16-9-14(22)4-5-18(16)29-3)12-21(28,19(23)24)26-11-15-8-13-10-25-7-6-17(13)27-15/h4-10,19,26-28H,11-12H2,1-3H3. The predicted octanol–water partition coefficient (Wildman–Crippen LogP) is 4.12. The molecule has 0 aliphatic rings. The van der Waals surface area contributed by atoms with Crippen molar-refractivity contribution in [3.05, 3.63) is 59.8 Å². The molecule has 3 rings (SSSR count). The molecule has 0 saturated carbocycles. The quantitative estimate of drug-likeness (QED) is 0.491. The average molecular weight is 407 g/mol. The lowest BCUT2D eigenvalue weighted by Crippen LogP contribution is -2.54. The van der Waals surface area contributed by atoms with Crippen molar-refractivity contribution >= 4 is 10.9 Å². The number of nitrogens with zero attached hydrogens (tertiary/aromatic N) is 1. The molecule has 3 aromatic rings. The third kappa shape index (κ3) is 4.54. The number of hydrogen-bond donors (Lipinski definition) is 3. The van der Waals surface area contributed by atoms with Crippen LogP contribution >= 0.6 is 0 Å². The Morgan fingerprint density at radius 3 is 2.66 bits per heavy atom. The van der Waals surface area contributed by atoms with Gasteiger partial charge in [-0.15, -0.1) is 0 Å². The molecule has 1 unspecified atom stereocenters. The summed E-state index contributed by atoms with van der Waals surface area (Å²) in [7, 11) is 1.43. The van der Waals surface area contributed by atoms with Gasteiger partial charge in [0.1, 0.15) is 11.6 Å². The highest BCUT2D eigenvalue weighted by Crippen LogP contribution is 2.39. The maximum absolute atomic E-state index is 13.9. The second-order valence-corrected chi connectivity index (χ2v) is 7.74. The Hall–Kier alpha value is -2.58. The topological polar surface area (TPSA) is 70.2 Å². The molecular weight excluding hydrogens is 383 g/mol. The maximum atomic E-state index is 13.9. The van der Waals surface area contributed by atoms with E-state index in [1.807, 2.05) is 0 Å². The van der Waals surface area contributed by atoms with Crippen LogP contribution < -0.4 is 10.1 Å². The molecule has 0 bridgehead atoms. The fourth-order valence-corrected chi connectivity index (χ4v) is 3.57. The minimum atomic E-state index is -3.06. The van der Waals surface area contributed by atoms with E-state index in [-0.39, 0.29) is 13.0 Å². The van der Waals surface area contributed by atoms with Crippen LogP contribution in [-0.2, 0) is 12.0 Å². The Morgan fingerprint density at radius 1 is 1.24 bits per heavy atom. The van der Waals surface area contributed by atoms with Crippen molar-refractivity contribution < 1.29 is 23.0 Å². The summed E-state index contributed by atoms with van der Waals surface area (Å²) in [6.45, 7) is 3.31. The fourth-order valence-electron chi connectivity index (χ4n) is 3.57. The van der Waals surface area contributed by atoms with Crippen LogP contribution in [0.25, 0.3) is 10.9 Å². The third-order valence-electron chi connectivity index (χ3n) is 5.02. The number of aliphatic hydroxyl groups is 1. The van der Waals surface area contributed by atoms with Gasteiger partial charge < -0.3 is 14.8 Å². The van der Waals surface area contributed by atoms with Crippen molar-refractivity contribution in [2.75, 3.05) is 7.11 Å². The number of aromatic amines is 1. The van der Waals surface area contributed by atoms with Gasteiger partial charge in [0, 0.05) is 47.5 Å². The van der Waals surface area contributed by atoms with Crippen LogP contribution in [0.3, 0.4) is 0 Å². The summed E-state index contributed by atoms with van der Waals surface area (Å²) in [4.78, 5) is 7.12. The van der Waals surface area contributed by atoms with Gasteiger partial charge in [0.15, 0.2) is 5.72 Å². The van der Waals surface area contributed by atoms with Crippen LogP contribution in [0.15, 0.2) is 42.7 Å². The molecule has 1 aromatic carbocycles. The second-order valence-electron chi connectivity index (χ2n) is 7.74. The zero-order chi connectivity index (χ0) is 21.2. The van der Waals surface area contributed by atoms with Gasteiger partial charge in [-0.3, -0.25) is 10.3 Å². The van der Waals surface area contributed by atoms with Gasteiger partial charge in [-0.25, -0.2) is 13.2 Å². The molecule has 0 aliphatic carbocycles. The number of hydrogen-bond acceptors (Lipinski definition) is 4. The van der Waals surface area contributed by atoms with E-state index < -0.39 is 23.4 Å². The van der Waals surface area contributed by atoms with Gasteiger partial charge in [-0.2, -0.15) is 0 Å². The lowest BCUT2D eigenvalue weighted by molar-refractivity contribution is -0.134. The number of halogens is 3. The smallest absolute Gasteiger partial charge is 0.280 e. The molecule has 1 atom stereocenters. The fraction of sp³-hybridized carbons (Fsp3) is 0.381. The monoisotopic (exact) mass is 407 g/mol. The molecule has 0 fully saturated rings. The minimum absolute atomic E-state index is 0.00805. The number of fused-ring (bicyclic) bond motifs is 1. The number of ether oxygens (including phenoxy) is 1. The molecular formula is C21H24F3N3O2. The summed E-state index contributed by atoms with van der Waals surface area (Å²) < 4.78 is 46.8. The highest BCUT2D eigenvalue weighted by atomic mass is 19.3. The van der Waals surface area contributed by atoms with Crippen LogP contribution in [0.5, 0.6) is 5.75 Å². The lowest BCUT2D eigenvalue weighted by atomic mass is 9.77. The van der Waals surface area contributed by atoms with E-state index >= 15 is 0 Å². The van der Waals surface area contributed by atoms with Crippen LogP contribution in [-0.4, -0.2) is 34.3 Å². The summed E-state index contributed by atoms with van der Waals surface area (Å²) in [5.41, 5.74) is -1.64. The number of rotatable bonds is 8. The largest absolute Gasteiger partial charge is 0.496 e. The van der Waals surface area contributed by atoms with E-state index in [1.54, 1.807) is 38.4 Å². The Kier molecular flexibility index (Phi) is 5.86. The Morgan fingerprint density at radius 2 is 2.00 bits per heavy atom. The van der Waals surface area contributed by atoms with Gasteiger partial charge in [0.2, 0.25) is 0 Å². The van der Waals surface area contributed by atoms with Gasteiger partial charge in [-0.1, -0.05) is 13.8 Å². The first-order valence-corrected chi connectivity index (χ1v) is 9.16. The first-order chi connectivity index (χ1) is 13.6. The van der Waals surface area contributed by atoms with Crippen molar-refractivity contribution in [1.29, 1.82) is 0 Å². The Bertz CT molecular complexity index is 957. The van der Waals surface area contributed by atoms with Crippen LogP contribution in [0, 0.1) is 5.82 Å². The zero-order valence-corrected chi connectivity index (χ0v) is 16.5. The van der Waals surface area contributed by atoms with Gasteiger partial charge in [0.05, 0.1) is 7.11 Å². The summed E-state index contributed by atoms with van der Waals surface area (Å²) >= 11 is 0. The summed E-state index contributed by atoms with van der Waals surface area (Å²) in [5.74, 6) is -0.134. The molecule has 2 heterocycles. The number of H-pyrrole nitrogens is 1. The number of aromatic nitrogens is 2. The average Bonchev–Trinajstić information content (AvgIpc) is 3.09. The van der Waals surface area contributed by atoms with Gasteiger partial charge >= 0.3 is 0 Å². The van der Waals surface area contributed by atoms with E-state index in [2.05, 4.69) is 15.3 Å². The molecule has 3 N–H and O–H groups in total. The van der Waals surface area contributed by atoms with E-state index in [0.29, 0.717) is 17.0 Å². The van der Waals surface area contributed by atoms with Crippen molar-refractivity contribution in [2.45, 2.75) is 44.4 Å². The van der Waals surface area contributed by atoms with Crippen molar-refractivity contribution in [3.8, 4) is 5.75 Å². The SMILES string of the molecule is COc1ccc(F)cc1C(C)(C)CC(O)(NCc1cc2cnccc2[nH]1)C(F)F. The second kappa shape index (κ2) is 8.04. The van der Waals surface area contributed by atoms with Crippen LogP contribution in [0.1, 0.15) is 31.5 Å². The number of methoxy groups -OCH3 is 1. The summed E-state index contributed by atoms with van der Waals surface area (Å²) in [6, 6.07) is 7.48. The molecule has 2 aromatic heterocycles. The van der Waals surface area contributed by atoms with Gasteiger partial charge in [-0.05, 0) is 35.7 Å². The van der Waals surface area contributed by atoms with Crippen molar-refractivity contribution in [3.63, 3.8) is 0 Å². The number of nitrogens with one attached hydrogen (secondary N) is 2. The minimum Gasteiger partial charge on any atom is -0.496 e. The van der Waals surface area contributed by atoms with E-state index in [4.69, 9.17) is 4.74 Å². The molecule has 29 heavy (non-hydrogen) atoms. The van der Waals surface area contributed by atoms with Crippen LogP contribution in [0.4, 0.5) is 13.2 Å². The normalized spacial score (nSPS) is 14.3. The third-order valence-corrected chi connectivity index (χ3v) is 5.02. The molecule has 0 aliphatic heterocycles. The van der Waals surface area contributed by atoms with E-state index in [1.165, 1.54) is 25.3 Å². The highest BCUT2D eigenvalue weighted by molar-refractivity contribution is 5.79. The summed E-state index contributed by atoms with van der Waals surface area (Å²) in [5, 5.41) is 14.1. The molecule has 5 nitrogen and oxygen atoms in total. The molecule has 0 spiro atoms. The molecule has 0 amide bonds. The first-order valence-electron chi connectivity index (χ1n) is 9.16.